The molecule has 1 N–H and O–H groups in total. The molecule has 3 aromatic carbocycles. The molecule has 0 aromatic heterocycles. The van der Waals surface area contributed by atoms with Gasteiger partial charge in [0.15, 0.2) is 12.4 Å². The van der Waals surface area contributed by atoms with Crippen LogP contribution in [0.4, 0.5) is 0 Å². The van der Waals surface area contributed by atoms with E-state index in [1.165, 1.54) is 6.21 Å². The summed E-state index contributed by atoms with van der Waals surface area (Å²) in [5.41, 5.74) is 3.29. The largest absolute Gasteiger partial charge is 0.483 e. The first-order valence-electron chi connectivity index (χ1n) is 9.10. The number of rotatable bonds is 7. The summed E-state index contributed by atoms with van der Waals surface area (Å²) in [6.45, 7) is -0.256. The third-order valence-corrected chi connectivity index (χ3v) is 6.81. The summed E-state index contributed by atoms with van der Waals surface area (Å²) in [6.07, 6.45) is 1.38. The quantitative estimate of drug-likeness (QED) is 0.0926. The Bertz CT molecular complexity index is 1240. The Hall–Kier alpha value is -1.47. The number of benzene rings is 3. The van der Waals surface area contributed by atoms with E-state index in [1.54, 1.807) is 42.5 Å². The molecular formula is C22H13Br3ClIN2O4. The maximum Gasteiger partial charge on any atom is 0.344 e. The highest BCUT2D eigenvalue weighted by atomic mass is 127. The normalized spacial score (nSPS) is 10.8. The Balaban J connectivity index is 1.69. The Morgan fingerprint density at radius 2 is 1.82 bits per heavy atom. The maximum absolute atomic E-state index is 12.7. The monoisotopic (exact) mass is 768 g/mol. The molecule has 170 valence electrons. The summed E-state index contributed by atoms with van der Waals surface area (Å²) in [6, 6.07) is 15.5. The molecule has 0 heterocycles. The van der Waals surface area contributed by atoms with Crippen molar-refractivity contribution in [1.82, 2.24) is 5.43 Å². The van der Waals surface area contributed by atoms with E-state index >= 15 is 0 Å². The second kappa shape index (κ2) is 12.3. The zero-order valence-corrected chi connectivity index (χ0v) is 24.1. The standard InChI is InChI=1S/C22H13Br3ClIN2O4/c23-13-7-12(10-28-29-20(30)11-32-19-6-5-14(26)9-16(19)24)21(17(25)8-13)33-22(31)15-3-1-2-4-18(15)27/h1-10H,11H2,(H,29,30)/b28-10-. The average molecular weight is 771 g/mol. The summed E-state index contributed by atoms with van der Waals surface area (Å²) >= 11 is 18.1. The fraction of sp³-hybridized carbons (Fsp3) is 0.0455. The lowest BCUT2D eigenvalue weighted by Crippen LogP contribution is -2.24. The minimum Gasteiger partial charge on any atom is -0.483 e. The van der Waals surface area contributed by atoms with Gasteiger partial charge in [0.05, 0.1) is 20.7 Å². The van der Waals surface area contributed by atoms with Crippen molar-refractivity contribution in [2.24, 2.45) is 5.10 Å². The van der Waals surface area contributed by atoms with Crippen molar-refractivity contribution in [3.63, 3.8) is 0 Å². The summed E-state index contributed by atoms with van der Waals surface area (Å²) in [7, 11) is 0. The molecule has 11 heteroatoms. The van der Waals surface area contributed by atoms with Crippen LogP contribution < -0.4 is 14.9 Å². The Morgan fingerprint density at radius 3 is 2.55 bits per heavy atom. The van der Waals surface area contributed by atoms with E-state index < -0.39 is 11.9 Å². The molecule has 0 radical (unpaired) electrons. The highest BCUT2D eigenvalue weighted by Crippen LogP contribution is 2.33. The van der Waals surface area contributed by atoms with E-state index in [0.29, 0.717) is 30.8 Å². The van der Waals surface area contributed by atoms with E-state index in [-0.39, 0.29) is 12.4 Å². The molecule has 0 atom stereocenters. The maximum atomic E-state index is 12.7. The molecule has 33 heavy (non-hydrogen) atoms. The molecule has 0 spiro atoms. The molecule has 0 aliphatic carbocycles. The van der Waals surface area contributed by atoms with Crippen LogP contribution in [-0.2, 0) is 4.79 Å². The molecule has 0 saturated heterocycles. The van der Waals surface area contributed by atoms with Gasteiger partial charge in [-0.05, 0) is 96.9 Å². The van der Waals surface area contributed by atoms with Gasteiger partial charge in [-0.2, -0.15) is 5.10 Å². The highest BCUT2D eigenvalue weighted by Gasteiger charge is 2.17. The average Bonchev–Trinajstić information content (AvgIpc) is 2.75. The molecule has 3 rings (SSSR count). The molecule has 0 unspecified atom stereocenters. The van der Waals surface area contributed by atoms with Crippen LogP contribution in [0.3, 0.4) is 0 Å². The molecule has 0 aliphatic rings. The third kappa shape index (κ3) is 7.51. The molecular weight excluding hydrogens is 758 g/mol. The van der Waals surface area contributed by atoms with Crippen molar-refractivity contribution in [2.45, 2.75) is 0 Å². The second-order valence-corrected chi connectivity index (χ2v) is 10.6. The van der Waals surface area contributed by atoms with Crippen LogP contribution in [0.5, 0.6) is 11.5 Å². The van der Waals surface area contributed by atoms with E-state index in [2.05, 4.69) is 80.9 Å². The van der Waals surface area contributed by atoms with E-state index in [1.807, 2.05) is 12.1 Å². The number of esters is 1. The van der Waals surface area contributed by atoms with Crippen LogP contribution in [-0.4, -0.2) is 24.7 Å². The number of hydrogen-bond acceptors (Lipinski definition) is 5. The smallest absolute Gasteiger partial charge is 0.344 e. The number of nitrogens with zero attached hydrogens (tertiary/aromatic N) is 1. The molecule has 3 aromatic rings. The summed E-state index contributed by atoms with van der Waals surface area (Å²) in [4.78, 5) is 24.8. The van der Waals surface area contributed by atoms with Gasteiger partial charge in [0.2, 0.25) is 0 Å². The molecule has 0 saturated carbocycles. The molecule has 6 nitrogen and oxygen atoms in total. The third-order valence-electron chi connectivity index (χ3n) is 3.97. The fourth-order valence-electron chi connectivity index (χ4n) is 2.50. The first-order valence-corrected chi connectivity index (χ1v) is 12.9. The van der Waals surface area contributed by atoms with Gasteiger partial charge in [-0.15, -0.1) is 0 Å². The zero-order valence-electron chi connectivity index (χ0n) is 16.5. The lowest BCUT2D eigenvalue weighted by atomic mass is 10.2. The van der Waals surface area contributed by atoms with Gasteiger partial charge in [0, 0.05) is 18.6 Å². The summed E-state index contributed by atoms with van der Waals surface area (Å²) in [5.74, 6) is -0.246. The van der Waals surface area contributed by atoms with Crippen LogP contribution in [0.25, 0.3) is 0 Å². The number of carbonyl (C=O) groups is 2. The minimum atomic E-state index is -0.511. The van der Waals surface area contributed by atoms with Crippen molar-refractivity contribution in [3.8, 4) is 11.5 Å². The Morgan fingerprint density at radius 1 is 1.06 bits per heavy atom. The van der Waals surface area contributed by atoms with Crippen LogP contribution in [0.2, 0.25) is 5.02 Å². The van der Waals surface area contributed by atoms with Crippen molar-refractivity contribution >= 4 is 100 Å². The highest BCUT2D eigenvalue weighted by molar-refractivity contribution is 14.1. The Labute approximate surface area is 233 Å². The van der Waals surface area contributed by atoms with E-state index in [0.717, 1.165) is 8.04 Å². The Kier molecular flexibility index (Phi) is 9.74. The van der Waals surface area contributed by atoms with Gasteiger partial charge in [-0.3, -0.25) is 4.79 Å². The van der Waals surface area contributed by atoms with Crippen molar-refractivity contribution < 1.29 is 19.1 Å². The predicted octanol–water partition coefficient (Wildman–Crippen LogP) is 6.98. The fourth-order valence-corrected chi connectivity index (χ4v) is 5.24. The zero-order chi connectivity index (χ0) is 24.0. The molecule has 0 fully saturated rings. The lowest BCUT2D eigenvalue weighted by Gasteiger charge is -2.11. The van der Waals surface area contributed by atoms with Gasteiger partial charge in [-0.1, -0.05) is 39.7 Å². The first kappa shape index (κ1) is 26.1. The van der Waals surface area contributed by atoms with Gasteiger partial charge >= 0.3 is 5.97 Å². The van der Waals surface area contributed by atoms with E-state index in [9.17, 15) is 9.59 Å². The predicted molar refractivity (Wildman–Crippen MR) is 146 cm³/mol. The van der Waals surface area contributed by atoms with Gasteiger partial charge < -0.3 is 9.47 Å². The second-order valence-electron chi connectivity index (χ2n) is 6.33. The van der Waals surface area contributed by atoms with Crippen molar-refractivity contribution in [1.29, 1.82) is 0 Å². The van der Waals surface area contributed by atoms with Gasteiger partial charge in [0.1, 0.15) is 5.75 Å². The topological polar surface area (TPSA) is 77.0 Å². The number of ether oxygens (including phenoxy) is 2. The van der Waals surface area contributed by atoms with Crippen LogP contribution in [0.1, 0.15) is 15.9 Å². The number of halogens is 5. The van der Waals surface area contributed by atoms with E-state index in [4.69, 9.17) is 21.1 Å². The minimum absolute atomic E-state index is 0.256. The van der Waals surface area contributed by atoms with Crippen molar-refractivity contribution in [3.05, 3.63) is 87.7 Å². The number of amides is 1. The lowest BCUT2D eigenvalue weighted by molar-refractivity contribution is -0.123. The van der Waals surface area contributed by atoms with Crippen LogP contribution in [0.15, 0.2) is 73.1 Å². The first-order chi connectivity index (χ1) is 15.7. The number of hydrogen-bond donors (Lipinski definition) is 1. The van der Waals surface area contributed by atoms with Gasteiger partial charge in [-0.25, -0.2) is 10.2 Å². The molecule has 0 aliphatic heterocycles. The molecule has 0 bridgehead atoms. The number of nitrogens with one attached hydrogen (secondary N) is 1. The summed E-state index contributed by atoms with van der Waals surface area (Å²) in [5, 5.41) is 4.50. The van der Waals surface area contributed by atoms with Crippen LogP contribution in [0, 0.1) is 3.57 Å². The van der Waals surface area contributed by atoms with Crippen LogP contribution >= 0.6 is 82.0 Å². The number of carbonyl (C=O) groups excluding carboxylic acids is 2. The summed E-state index contributed by atoms with van der Waals surface area (Å²) < 4.78 is 13.7. The van der Waals surface area contributed by atoms with Crippen molar-refractivity contribution in [2.75, 3.05) is 6.61 Å². The SMILES string of the molecule is O=C(COc1ccc(Cl)cc1Br)N/N=C\c1cc(Br)cc(Br)c1OC(=O)c1ccccc1I. The van der Waals surface area contributed by atoms with Gasteiger partial charge in [0.25, 0.3) is 5.91 Å². The number of hydrazone groups is 1. The molecule has 1 amide bonds.